The molecule has 8 heteroatoms. The first-order valence-electron chi connectivity index (χ1n) is 8.65. The summed E-state index contributed by atoms with van der Waals surface area (Å²) in [6.45, 7) is 4.29. The number of ether oxygens (including phenoxy) is 2. The van der Waals surface area contributed by atoms with E-state index in [1.54, 1.807) is 23.0 Å². The minimum absolute atomic E-state index is 0.133. The summed E-state index contributed by atoms with van der Waals surface area (Å²) in [6.07, 6.45) is 1.76. The molecule has 144 valence electrons. The van der Waals surface area contributed by atoms with Crippen LogP contribution in [0.4, 0.5) is 0 Å². The minimum Gasteiger partial charge on any atom is -0.454 e. The second-order valence-electron chi connectivity index (χ2n) is 6.42. The van der Waals surface area contributed by atoms with E-state index in [0.29, 0.717) is 15.8 Å². The molecule has 0 saturated heterocycles. The Kier molecular flexibility index (Phi) is 5.44. The molecule has 0 unspecified atom stereocenters. The summed E-state index contributed by atoms with van der Waals surface area (Å²) in [4.78, 5) is 5.45. The Morgan fingerprint density at radius 2 is 1.93 bits per heavy atom. The Bertz CT molecular complexity index is 1120. The number of fused-ring (bicyclic) bond motifs is 1. The lowest BCUT2D eigenvalue weighted by molar-refractivity contribution is 0.174. The summed E-state index contributed by atoms with van der Waals surface area (Å²) in [7, 11) is 0. The molecule has 0 fully saturated rings. The maximum absolute atomic E-state index is 6.42. The highest BCUT2D eigenvalue weighted by Gasteiger charge is 2.14. The molecule has 4 rings (SSSR count). The summed E-state index contributed by atoms with van der Waals surface area (Å²) in [5.41, 5.74) is 2.52. The zero-order valence-corrected chi connectivity index (χ0v) is 17.6. The number of hydrogen-bond acceptors (Lipinski definition) is 5. The molecule has 0 bridgehead atoms. The molecule has 0 aliphatic carbocycles. The fraction of sp³-hybridized carbons (Fsp3) is 0.200. The fourth-order valence-corrected chi connectivity index (χ4v) is 4.07. The van der Waals surface area contributed by atoms with Crippen molar-refractivity contribution in [3.63, 3.8) is 0 Å². The first-order valence-corrected chi connectivity index (χ1v) is 10.3. The van der Waals surface area contributed by atoms with E-state index >= 15 is 0 Å². The predicted molar refractivity (Wildman–Crippen MR) is 114 cm³/mol. The third-order valence-electron chi connectivity index (χ3n) is 3.98. The van der Waals surface area contributed by atoms with Crippen LogP contribution < -0.4 is 14.3 Å². The van der Waals surface area contributed by atoms with Crippen molar-refractivity contribution in [3.8, 4) is 22.8 Å². The van der Waals surface area contributed by atoms with E-state index in [-0.39, 0.29) is 12.8 Å². The fourth-order valence-electron chi connectivity index (χ4n) is 2.72. The third kappa shape index (κ3) is 3.94. The van der Waals surface area contributed by atoms with E-state index in [2.05, 4.69) is 10.1 Å². The molecule has 0 saturated carbocycles. The van der Waals surface area contributed by atoms with Gasteiger partial charge in [-0.25, -0.2) is 4.68 Å². The van der Waals surface area contributed by atoms with Gasteiger partial charge in [-0.05, 0) is 55.8 Å². The molecule has 0 spiro atoms. The van der Waals surface area contributed by atoms with Crippen molar-refractivity contribution in [2.75, 3.05) is 6.79 Å². The molecular weight excluding hydrogens is 417 g/mol. The highest BCUT2D eigenvalue weighted by Crippen LogP contribution is 2.33. The van der Waals surface area contributed by atoms with Crippen LogP contribution in [0.5, 0.6) is 11.5 Å². The van der Waals surface area contributed by atoms with Crippen molar-refractivity contribution in [1.82, 2.24) is 4.68 Å². The van der Waals surface area contributed by atoms with Crippen molar-refractivity contribution in [2.45, 2.75) is 19.9 Å². The predicted octanol–water partition coefficient (Wildman–Crippen LogP) is 5.44. The Labute approximate surface area is 176 Å². The standard InChI is InChI=1S/C20H17Cl2N3O2S/c1-12(2)24-20-25(17(10-28-20)15-8-14(21)4-5-16(15)22)23-9-13-3-6-18-19(7-13)27-11-26-18/h3-10,12H,11H2,1-2H3. The average molecular weight is 434 g/mol. The van der Waals surface area contributed by atoms with Crippen LogP contribution in [0.2, 0.25) is 10.0 Å². The molecule has 0 amide bonds. The number of hydrogen-bond donors (Lipinski definition) is 0. The van der Waals surface area contributed by atoms with E-state index in [1.165, 1.54) is 11.3 Å². The van der Waals surface area contributed by atoms with Crippen molar-refractivity contribution in [1.29, 1.82) is 0 Å². The molecular formula is C20H17Cl2N3O2S. The summed E-state index contributed by atoms with van der Waals surface area (Å²) < 4.78 is 12.6. The van der Waals surface area contributed by atoms with Crippen LogP contribution in [0.1, 0.15) is 19.4 Å². The number of benzene rings is 2. The SMILES string of the molecule is CC(C)N=c1scc(-c2cc(Cl)ccc2Cl)n1N=Cc1ccc2c(c1)OCO2. The summed E-state index contributed by atoms with van der Waals surface area (Å²) in [5, 5.41) is 7.87. The van der Waals surface area contributed by atoms with Gasteiger partial charge in [-0.3, -0.25) is 4.99 Å². The van der Waals surface area contributed by atoms with Gasteiger partial charge < -0.3 is 9.47 Å². The number of nitrogens with zero attached hydrogens (tertiary/aromatic N) is 3. The molecule has 0 atom stereocenters. The van der Waals surface area contributed by atoms with Crippen molar-refractivity contribution >= 4 is 40.8 Å². The molecule has 5 nitrogen and oxygen atoms in total. The topological polar surface area (TPSA) is 48.1 Å². The average Bonchev–Trinajstić information content (AvgIpc) is 3.28. The Balaban J connectivity index is 1.80. The number of thiazole rings is 1. The summed E-state index contributed by atoms with van der Waals surface area (Å²) >= 11 is 14.1. The lowest BCUT2D eigenvalue weighted by Crippen LogP contribution is -2.14. The van der Waals surface area contributed by atoms with Gasteiger partial charge in [0.15, 0.2) is 11.5 Å². The number of aromatic nitrogens is 1. The van der Waals surface area contributed by atoms with Crippen molar-refractivity contribution in [2.24, 2.45) is 10.1 Å². The second kappa shape index (κ2) is 7.99. The van der Waals surface area contributed by atoms with Gasteiger partial charge in [0.1, 0.15) is 0 Å². The van der Waals surface area contributed by atoms with E-state index in [4.69, 9.17) is 32.7 Å². The van der Waals surface area contributed by atoms with Crippen LogP contribution in [0.3, 0.4) is 0 Å². The van der Waals surface area contributed by atoms with Gasteiger partial charge in [-0.1, -0.05) is 23.2 Å². The molecule has 1 aliphatic heterocycles. The first-order chi connectivity index (χ1) is 13.5. The summed E-state index contributed by atoms with van der Waals surface area (Å²) in [5.74, 6) is 1.45. The first kappa shape index (κ1) is 19.1. The monoisotopic (exact) mass is 433 g/mol. The number of rotatable bonds is 4. The van der Waals surface area contributed by atoms with Gasteiger partial charge in [-0.2, -0.15) is 5.10 Å². The second-order valence-corrected chi connectivity index (χ2v) is 8.10. The molecule has 3 aromatic rings. The van der Waals surface area contributed by atoms with Crippen LogP contribution in [0, 0.1) is 0 Å². The molecule has 0 radical (unpaired) electrons. The van der Waals surface area contributed by atoms with Crippen molar-refractivity contribution < 1.29 is 9.47 Å². The van der Waals surface area contributed by atoms with E-state index < -0.39 is 0 Å². The highest BCUT2D eigenvalue weighted by atomic mass is 35.5. The maximum atomic E-state index is 6.42. The van der Waals surface area contributed by atoms with E-state index in [1.807, 2.05) is 43.5 Å². The van der Waals surface area contributed by atoms with Crippen LogP contribution in [-0.2, 0) is 0 Å². The Morgan fingerprint density at radius 1 is 1.11 bits per heavy atom. The lowest BCUT2D eigenvalue weighted by atomic mass is 10.2. The van der Waals surface area contributed by atoms with Crippen molar-refractivity contribution in [3.05, 3.63) is 62.2 Å². The van der Waals surface area contributed by atoms with E-state index in [9.17, 15) is 0 Å². The van der Waals surface area contributed by atoms with E-state index in [0.717, 1.165) is 27.4 Å². The Hall–Kier alpha value is -2.28. The van der Waals surface area contributed by atoms with Gasteiger partial charge in [0.05, 0.1) is 16.9 Å². The highest BCUT2D eigenvalue weighted by molar-refractivity contribution is 7.07. The molecule has 1 aromatic heterocycles. The Morgan fingerprint density at radius 3 is 2.75 bits per heavy atom. The molecule has 2 aromatic carbocycles. The van der Waals surface area contributed by atoms with Crippen LogP contribution in [0.15, 0.2) is 51.9 Å². The zero-order valence-electron chi connectivity index (χ0n) is 15.2. The molecule has 0 N–H and O–H groups in total. The van der Waals surface area contributed by atoms with Gasteiger partial charge in [0.25, 0.3) is 0 Å². The normalized spacial score (nSPS) is 13.8. The van der Waals surface area contributed by atoms with Crippen LogP contribution in [0.25, 0.3) is 11.3 Å². The molecule has 1 aliphatic rings. The van der Waals surface area contributed by atoms with Gasteiger partial charge in [-0.15, -0.1) is 11.3 Å². The minimum atomic E-state index is 0.133. The van der Waals surface area contributed by atoms with Crippen LogP contribution >= 0.6 is 34.5 Å². The quantitative estimate of drug-likeness (QED) is 0.513. The molecule has 28 heavy (non-hydrogen) atoms. The lowest BCUT2D eigenvalue weighted by Gasteiger charge is -2.07. The largest absolute Gasteiger partial charge is 0.454 e. The molecule has 2 heterocycles. The third-order valence-corrected chi connectivity index (χ3v) is 5.37. The summed E-state index contributed by atoms with van der Waals surface area (Å²) in [6, 6.07) is 11.2. The smallest absolute Gasteiger partial charge is 0.231 e. The van der Waals surface area contributed by atoms with Gasteiger partial charge in [0, 0.05) is 22.0 Å². The van der Waals surface area contributed by atoms with Gasteiger partial charge >= 0.3 is 0 Å². The maximum Gasteiger partial charge on any atom is 0.231 e. The zero-order chi connectivity index (χ0) is 19.7. The van der Waals surface area contributed by atoms with Gasteiger partial charge in [0.2, 0.25) is 11.6 Å². The van der Waals surface area contributed by atoms with Crippen LogP contribution in [-0.4, -0.2) is 23.7 Å². The number of halogens is 2.